The van der Waals surface area contributed by atoms with E-state index in [0.29, 0.717) is 5.92 Å². The van der Waals surface area contributed by atoms with Crippen LogP contribution in [0.2, 0.25) is 0 Å². The van der Waals surface area contributed by atoms with Crippen LogP contribution in [0, 0.1) is 11.8 Å². The van der Waals surface area contributed by atoms with Gasteiger partial charge in [-0.05, 0) is 12.3 Å². The zero-order chi connectivity index (χ0) is 11.3. The lowest BCUT2D eigenvalue weighted by molar-refractivity contribution is 0.0887. The van der Waals surface area contributed by atoms with Crippen LogP contribution < -0.4 is 0 Å². The predicted molar refractivity (Wildman–Crippen MR) is 63.9 cm³/mol. The lowest BCUT2D eigenvalue weighted by Gasteiger charge is -2.17. The number of Topliss-reactive ketones (excluding diaryl/α,β-unsaturated/α-hetero) is 1. The van der Waals surface area contributed by atoms with E-state index in [1.54, 1.807) is 0 Å². The normalized spacial score (nSPS) is 12.5. The van der Waals surface area contributed by atoms with Crippen molar-refractivity contribution >= 4 is 5.78 Å². The van der Waals surface area contributed by atoms with Gasteiger partial charge >= 0.3 is 0 Å². The average Bonchev–Trinajstić information content (AvgIpc) is 2.26. The third kappa shape index (κ3) is 3.05. The number of rotatable bonds is 5. The van der Waals surface area contributed by atoms with Gasteiger partial charge in [-0.2, -0.15) is 0 Å². The third-order valence-electron chi connectivity index (χ3n) is 2.62. The number of hydrogen-bond donors (Lipinski definition) is 0. The minimum atomic E-state index is 0.0601. The van der Waals surface area contributed by atoms with Crippen LogP contribution in [0.5, 0.6) is 0 Å². The zero-order valence-corrected chi connectivity index (χ0v) is 9.44. The summed E-state index contributed by atoms with van der Waals surface area (Å²) in [6, 6.07) is 9.48. The Bertz CT molecular complexity index is 324. The molecule has 0 radical (unpaired) electrons. The van der Waals surface area contributed by atoms with Crippen molar-refractivity contribution in [2.24, 2.45) is 11.8 Å². The molecule has 15 heavy (non-hydrogen) atoms. The second-order valence-corrected chi connectivity index (χ2v) is 4.11. The molecule has 0 fully saturated rings. The number of ketones is 1. The van der Waals surface area contributed by atoms with Crippen LogP contribution in [-0.2, 0) is 0 Å². The molecule has 1 aromatic carbocycles. The van der Waals surface area contributed by atoms with Crippen LogP contribution in [0.1, 0.15) is 30.6 Å². The second kappa shape index (κ2) is 5.50. The molecule has 1 unspecified atom stereocenters. The Balaban J connectivity index is 2.86. The maximum atomic E-state index is 12.1. The fraction of sp³-hybridized carbons (Fsp3) is 0.357. The fourth-order valence-electron chi connectivity index (χ4n) is 1.68. The van der Waals surface area contributed by atoms with E-state index in [9.17, 15) is 4.79 Å². The lowest BCUT2D eigenvalue weighted by Crippen LogP contribution is -2.19. The molecule has 0 heterocycles. The van der Waals surface area contributed by atoms with Crippen molar-refractivity contribution in [3.05, 3.63) is 48.6 Å². The van der Waals surface area contributed by atoms with E-state index in [2.05, 4.69) is 20.4 Å². The van der Waals surface area contributed by atoms with Gasteiger partial charge < -0.3 is 0 Å². The van der Waals surface area contributed by atoms with Crippen LogP contribution in [0.4, 0.5) is 0 Å². The Morgan fingerprint density at radius 2 is 1.93 bits per heavy atom. The molecular formula is C14H18O. The molecule has 0 aliphatic carbocycles. The van der Waals surface area contributed by atoms with E-state index in [1.165, 1.54) is 0 Å². The maximum absolute atomic E-state index is 12.1. The van der Waals surface area contributed by atoms with Gasteiger partial charge in [0.15, 0.2) is 5.78 Å². The Hall–Kier alpha value is -1.37. The molecule has 0 bridgehead atoms. The predicted octanol–water partition coefficient (Wildman–Crippen LogP) is 3.72. The molecule has 0 saturated heterocycles. The number of benzene rings is 1. The van der Waals surface area contributed by atoms with Gasteiger partial charge in [0.1, 0.15) is 0 Å². The molecular weight excluding hydrogens is 184 g/mol. The van der Waals surface area contributed by atoms with Crippen molar-refractivity contribution in [3.8, 4) is 0 Å². The summed E-state index contributed by atoms with van der Waals surface area (Å²) in [5, 5.41) is 0. The summed E-state index contributed by atoms with van der Waals surface area (Å²) in [6.07, 6.45) is 2.58. The zero-order valence-electron chi connectivity index (χ0n) is 9.44. The van der Waals surface area contributed by atoms with Crippen LogP contribution in [0.15, 0.2) is 43.0 Å². The minimum Gasteiger partial charge on any atom is -0.294 e. The molecule has 1 rings (SSSR count). The summed E-state index contributed by atoms with van der Waals surface area (Å²) in [7, 11) is 0. The van der Waals surface area contributed by atoms with Gasteiger partial charge in [0.25, 0.3) is 0 Å². The van der Waals surface area contributed by atoms with E-state index in [4.69, 9.17) is 0 Å². The van der Waals surface area contributed by atoms with Crippen molar-refractivity contribution in [2.75, 3.05) is 0 Å². The van der Waals surface area contributed by atoms with E-state index >= 15 is 0 Å². The molecule has 1 heteroatoms. The largest absolute Gasteiger partial charge is 0.294 e. The van der Waals surface area contributed by atoms with Crippen molar-refractivity contribution < 1.29 is 4.79 Å². The fourth-order valence-corrected chi connectivity index (χ4v) is 1.68. The highest BCUT2D eigenvalue weighted by molar-refractivity contribution is 5.98. The molecule has 1 aromatic rings. The van der Waals surface area contributed by atoms with Gasteiger partial charge in [-0.15, -0.1) is 6.58 Å². The van der Waals surface area contributed by atoms with Crippen LogP contribution >= 0.6 is 0 Å². The summed E-state index contributed by atoms with van der Waals surface area (Å²) in [5.74, 6) is 0.645. The third-order valence-corrected chi connectivity index (χ3v) is 2.62. The highest BCUT2D eigenvalue weighted by atomic mass is 16.1. The van der Waals surface area contributed by atoms with Crippen LogP contribution in [0.3, 0.4) is 0 Å². The summed E-state index contributed by atoms with van der Waals surface area (Å²) in [4.78, 5) is 12.1. The number of carbonyl (C=O) groups is 1. The Labute approximate surface area is 91.8 Å². The minimum absolute atomic E-state index is 0.0601. The van der Waals surface area contributed by atoms with Gasteiger partial charge in [0.2, 0.25) is 0 Å². The molecule has 0 aliphatic heterocycles. The average molecular weight is 202 g/mol. The first-order valence-corrected chi connectivity index (χ1v) is 5.37. The van der Waals surface area contributed by atoms with E-state index < -0.39 is 0 Å². The molecule has 0 N–H and O–H groups in total. The van der Waals surface area contributed by atoms with Crippen molar-refractivity contribution in [2.45, 2.75) is 20.3 Å². The quantitative estimate of drug-likeness (QED) is 0.525. The number of allylic oxidation sites excluding steroid dienone is 1. The first kappa shape index (κ1) is 11.7. The molecule has 1 atom stereocenters. The molecule has 1 nitrogen and oxygen atoms in total. The standard InChI is InChI=1S/C14H18O/c1-4-8-13(11(2)3)14(15)12-9-6-5-7-10-12/h4-7,9-11,13H,1,8H2,2-3H3. The van der Waals surface area contributed by atoms with Gasteiger partial charge in [0, 0.05) is 11.5 Å². The molecule has 0 saturated carbocycles. The maximum Gasteiger partial charge on any atom is 0.166 e. The van der Waals surface area contributed by atoms with Crippen LogP contribution in [-0.4, -0.2) is 5.78 Å². The summed E-state index contributed by atoms with van der Waals surface area (Å²) < 4.78 is 0. The smallest absolute Gasteiger partial charge is 0.166 e. The molecule has 0 aliphatic rings. The highest BCUT2D eigenvalue weighted by Crippen LogP contribution is 2.20. The molecule has 0 aromatic heterocycles. The van der Waals surface area contributed by atoms with Crippen molar-refractivity contribution in [1.82, 2.24) is 0 Å². The summed E-state index contributed by atoms with van der Waals surface area (Å²) in [5.41, 5.74) is 0.804. The Morgan fingerprint density at radius 1 is 1.33 bits per heavy atom. The van der Waals surface area contributed by atoms with Gasteiger partial charge in [-0.3, -0.25) is 4.79 Å². The van der Waals surface area contributed by atoms with Crippen molar-refractivity contribution in [3.63, 3.8) is 0 Å². The molecule has 80 valence electrons. The lowest BCUT2D eigenvalue weighted by atomic mass is 9.85. The Kier molecular flexibility index (Phi) is 4.29. The molecule has 0 amide bonds. The number of hydrogen-bond acceptors (Lipinski definition) is 1. The molecule has 0 spiro atoms. The van der Waals surface area contributed by atoms with E-state index in [-0.39, 0.29) is 11.7 Å². The second-order valence-electron chi connectivity index (χ2n) is 4.11. The summed E-state index contributed by atoms with van der Waals surface area (Å²) >= 11 is 0. The van der Waals surface area contributed by atoms with Crippen molar-refractivity contribution in [1.29, 1.82) is 0 Å². The van der Waals surface area contributed by atoms with Crippen LogP contribution in [0.25, 0.3) is 0 Å². The van der Waals surface area contributed by atoms with Gasteiger partial charge in [0.05, 0.1) is 0 Å². The van der Waals surface area contributed by atoms with E-state index in [0.717, 1.165) is 12.0 Å². The monoisotopic (exact) mass is 202 g/mol. The first-order valence-electron chi connectivity index (χ1n) is 5.37. The topological polar surface area (TPSA) is 17.1 Å². The highest BCUT2D eigenvalue weighted by Gasteiger charge is 2.21. The van der Waals surface area contributed by atoms with E-state index in [1.807, 2.05) is 36.4 Å². The SMILES string of the molecule is C=CCC(C(=O)c1ccccc1)C(C)C. The van der Waals surface area contributed by atoms with Gasteiger partial charge in [-0.1, -0.05) is 50.3 Å². The Morgan fingerprint density at radius 3 is 2.40 bits per heavy atom. The first-order chi connectivity index (χ1) is 7.16. The summed E-state index contributed by atoms with van der Waals surface area (Å²) in [6.45, 7) is 7.86. The van der Waals surface area contributed by atoms with Gasteiger partial charge in [-0.25, -0.2) is 0 Å². The number of carbonyl (C=O) groups excluding carboxylic acids is 1.